The molecule has 0 aliphatic carbocycles. The van der Waals surface area contributed by atoms with E-state index >= 15 is 0 Å². The summed E-state index contributed by atoms with van der Waals surface area (Å²) in [5.41, 5.74) is 0.810. The molecule has 2 rings (SSSR count). The second-order valence-electron chi connectivity index (χ2n) is 9.52. The van der Waals surface area contributed by atoms with Crippen LogP contribution in [0.4, 0.5) is 9.59 Å². The lowest BCUT2D eigenvalue weighted by Gasteiger charge is -2.21. The summed E-state index contributed by atoms with van der Waals surface area (Å²) < 4.78 is 15.6. The van der Waals surface area contributed by atoms with Crippen molar-refractivity contribution in [1.29, 1.82) is 0 Å². The number of nitrogens with one attached hydrogen (secondary N) is 2. The minimum atomic E-state index is -1.22. The van der Waals surface area contributed by atoms with Crippen LogP contribution in [0.15, 0.2) is 65.7 Å². The number of nitrogens with zero attached hydrogens (tertiary/aromatic N) is 1. The monoisotopic (exact) mass is 541 g/mol. The van der Waals surface area contributed by atoms with Gasteiger partial charge in [-0.1, -0.05) is 60.7 Å². The first kappa shape index (κ1) is 30.8. The van der Waals surface area contributed by atoms with E-state index in [9.17, 15) is 24.3 Å². The van der Waals surface area contributed by atoms with Crippen molar-refractivity contribution in [3.05, 3.63) is 71.8 Å². The number of carbonyl (C=O) groups excluding carboxylic acids is 3. The second-order valence-corrected chi connectivity index (χ2v) is 9.52. The molecule has 0 spiro atoms. The first-order chi connectivity index (χ1) is 18.5. The largest absolute Gasteiger partial charge is 0.480 e. The lowest BCUT2D eigenvalue weighted by Crippen LogP contribution is -2.43. The molecule has 11 nitrogen and oxygen atoms in total. The van der Waals surface area contributed by atoms with Crippen molar-refractivity contribution in [2.75, 3.05) is 6.54 Å². The zero-order chi connectivity index (χ0) is 28.7. The SMILES string of the molecule is CC(C)(C)OC(=O)N[C@H](CCCN=C(CC(=O)OCc1ccccc1)NC(=O)OCc1ccccc1)C(=O)O. The maximum absolute atomic E-state index is 12.4. The first-order valence-electron chi connectivity index (χ1n) is 12.4. The Morgan fingerprint density at radius 3 is 1.97 bits per heavy atom. The normalized spacial score (nSPS) is 12.1. The zero-order valence-corrected chi connectivity index (χ0v) is 22.3. The molecule has 3 N–H and O–H groups in total. The fourth-order valence-electron chi connectivity index (χ4n) is 3.16. The highest BCUT2D eigenvalue weighted by atomic mass is 16.6. The Morgan fingerprint density at radius 2 is 1.44 bits per heavy atom. The third-order valence-electron chi connectivity index (χ3n) is 4.96. The third kappa shape index (κ3) is 13.6. The number of aliphatic imine (C=N–C) groups is 1. The van der Waals surface area contributed by atoms with Gasteiger partial charge in [0.15, 0.2) is 0 Å². The van der Waals surface area contributed by atoms with Gasteiger partial charge in [-0.25, -0.2) is 14.4 Å². The van der Waals surface area contributed by atoms with Crippen LogP contribution in [-0.4, -0.2) is 53.3 Å². The van der Waals surface area contributed by atoms with Crippen molar-refractivity contribution in [3.8, 4) is 0 Å². The second kappa shape index (κ2) is 15.8. The maximum Gasteiger partial charge on any atom is 0.412 e. The number of hydrogen-bond donors (Lipinski definition) is 3. The minimum Gasteiger partial charge on any atom is -0.480 e. The van der Waals surface area contributed by atoms with Crippen molar-refractivity contribution >= 4 is 30.0 Å². The Labute approximate surface area is 227 Å². The topological polar surface area (TPSA) is 153 Å². The summed E-state index contributed by atoms with van der Waals surface area (Å²) in [6.45, 7) is 5.15. The smallest absolute Gasteiger partial charge is 0.412 e. The minimum absolute atomic E-state index is 0.0121. The molecule has 0 saturated heterocycles. The van der Waals surface area contributed by atoms with E-state index in [4.69, 9.17) is 14.2 Å². The Hall–Kier alpha value is -4.41. The number of amidine groups is 1. The van der Waals surface area contributed by atoms with E-state index in [0.717, 1.165) is 11.1 Å². The standard InChI is InChI=1S/C28H35N3O8/c1-28(2,3)39-27(36)30-22(25(33)34)15-10-16-29-23(17-24(32)37-18-20-11-6-4-7-12-20)31-26(35)38-19-21-13-8-5-9-14-21/h4-9,11-14,22H,10,15-19H2,1-3H3,(H,30,36)(H,33,34)(H,29,31,35)/t22-/m1/s1. The predicted molar refractivity (Wildman–Crippen MR) is 143 cm³/mol. The molecule has 0 radical (unpaired) electrons. The first-order valence-corrected chi connectivity index (χ1v) is 12.4. The summed E-state index contributed by atoms with van der Waals surface area (Å²) in [7, 11) is 0. The van der Waals surface area contributed by atoms with Crippen molar-refractivity contribution in [3.63, 3.8) is 0 Å². The van der Waals surface area contributed by atoms with E-state index in [2.05, 4.69) is 15.6 Å². The molecule has 0 bridgehead atoms. The van der Waals surface area contributed by atoms with Crippen molar-refractivity contribution in [2.45, 2.75) is 64.9 Å². The van der Waals surface area contributed by atoms with Crippen LogP contribution in [-0.2, 0) is 37.0 Å². The van der Waals surface area contributed by atoms with E-state index in [1.807, 2.05) is 48.5 Å². The van der Waals surface area contributed by atoms with Gasteiger partial charge < -0.3 is 24.6 Å². The van der Waals surface area contributed by atoms with Gasteiger partial charge in [0.2, 0.25) is 0 Å². The molecule has 0 fully saturated rings. The van der Waals surface area contributed by atoms with Crippen LogP contribution in [0.5, 0.6) is 0 Å². The van der Waals surface area contributed by atoms with Gasteiger partial charge in [-0.2, -0.15) is 0 Å². The van der Waals surface area contributed by atoms with Gasteiger partial charge in [0.25, 0.3) is 0 Å². The number of carbonyl (C=O) groups is 4. The van der Waals surface area contributed by atoms with Crippen molar-refractivity contribution in [2.24, 2.45) is 4.99 Å². The molecule has 0 aliphatic rings. The Morgan fingerprint density at radius 1 is 0.872 bits per heavy atom. The molecule has 1 atom stereocenters. The highest BCUT2D eigenvalue weighted by Crippen LogP contribution is 2.08. The highest BCUT2D eigenvalue weighted by Gasteiger charge is 2.23. The summed E-state index contributed by atoms with van der Waals surface area (Å²) in [5, 5.41) is 14.2. The van der Waals surface area contributed by atoms with E-state index in [0.29, 0.717) is 0 Å². The number of ether oxygens (including phenoxy) is 3. The van der Waals surface area contributed by atoms with Gasteiger partial charge in [-0.3, -0.25) is 15.1 Å². The number of carboxylic acid groups (broad SMARTS) is 1. The maximum atomic E-state index is 12.4. The lowest BCUT2D eigenvalue weighted by atomic mass is 10.1. The van der Waals surface area contributed by atoms with Crippen molar-refractivity contribution < 1.29 is 38.5 Å². The third-order valence-corrected chi connectivity index (χ3v) is 4.96. The molecule has 2 amide bonds. The van der Waals surface area contributed by atoms with Crippen LogP contribution in [0.1, 0.15) is 51.2 Å². The molecule has 11 heteroatoms. The van der Waals surface area contributed by atoms with E-state index in [1.165, 1.54) is 0 Å². The summed E-state index contributed by atoms with van der Waals surface area (Å²) >= 11 is 0. The summed E-state index contributed by atoms with van der Waals surface area (Å²) in [5.74, 6) is -1.83. The molecule has 2 aromatic carbocycles. The van der Waals surface area contributed by atoms with Gasteiger partial charge in [-0.05, 0) is 44.7 Å². The van der Waals surface area contributed by atoms with Crippen LogP contribution in [0.2, 0.25) is 0 Å². The van der Waals surface area contributed by atoms with E-state index in [1.54, 1.807) is 32.9 Å². The number of alkyl carbamates (subject to hydrolysis) is 2. The molecule has 0 unspecified atom stereocenters. The molecule has 0 aliphatic heterocycles. The van der Waals surface area contributed by atoms with Crippen LogP contribution in [0.3, 0.4) is 0 Å². The molecule has 210 valence electrons. The van der Waals surface area contributed by atoms with Gasteiger partial charge in [0.05, 0.1) is 0 Å². The summed E-state index contributed by atoms with van der Waals surface area (Å²) in [6, 6.07) is 17.0. The Balaban J connectivity index is 1.95. The average molecular weight is 542 g/mol. The summed E-state index contributed by atoms with van der Waals surface area (Å²) in [6.07, 6.45) is -1.70. The molecule has 0 saturated carbocycles. The fourth-order valence-corrected chi connectivity index (χ4v) is 3.16. The van der Waals surface area contributed by atoms with Gasteiger partial charge in [-0.15, -0.1) is 0 Å². The number of benzene rings is 2. The van der Waals surface area contributed by atoms with Gasteiger partial charge in [0, 0.05) is 6.54 Å². The zero-order valence-electron chi connectivity index (χ0n) is 22.3. The predicted octanol–water partition coefficient (Wildman–Crippen LogP) is 4.20. The quantitative estimate of drug-likeness (QED) is 0.119. The van der Waals surface area contributed by atoms with Gasteiger partial charge >= 0.3 is 24.1 Å². The Bertz CT molecular complexity index is 1060. The number of amides is 2. The number of hydrogen-bond acceptors (Lipinski definition) is 8. The molecule has 0 heterocycles. The van der Waals surface area contributed by atoms with Crippen LogP contribution < -0.4 is 10.6 Å². The van der Waals surface area contributed by atoms with Gasteiger partial charge in [0.1, 0.15) is 37.1 Å². The lowest BCUT2D eigenvalue weighted by molar-refractivity contribution is -0.143. The molecule has 2 aromatic rings. The van der Waals surface area contributed by atoms with Crippen LogP contribution in [0, 0.1) is 0 Å². The molecular formula is C28H35N3O8. The van der Waals surface area contributed by atoms with Crippen LogP contribution >= 0.6 is 0 Å². The number of aliphatic carboxylic acids is 1. The molecule has 39 heavy (non-hydrogen) atoms. The number of carboxylic acids is 1. The average Bonchev–Trinajstić information content (AvgIpc) is 2.88. The molecular weight excluding hydrogens is 506 g/mol. The molecule has 0 aromatic heterocycles. The van der Waals surface area contributed by atoms with Crippen LogP contribution in [0.25, 0.3) is 0 Å². The van der Waals surface area contributed by atoms with Crippen molar-refractivity contribution in [1.82, 2.24) is 10.6 Å². The van der Waals surface area contributed by atoms with E-state index < -0.39 is 35.8 Å². The Kier molecular flexibility index (Phi) is 12.4. The van der Waals surface area contributed by atoms with E-state index in [-0.39, 0.29) is 44.9 Å². The fraction of sp³-hybridized carbons (Fsp3) is 0.393. The number of esters is 1. The highest BCUT2D eigenvalue weighted by molar-refractivity contribution is 6.04. The summed E-state index contributed by atoms with van der Waals surface area (Å²) in [4.78, 5) is 52.5. The number of rotatable bonds is 12.